The Kier molecular flexibility index (Phi) is 4.21. The van der Waals surface area contributed by atoms with E-state index in [0.717, 1.165) is 28.0 Å². The molecule has 24 heavy (non-hydrogen) atoms. The van der Waals surface area contributed by atoms with E-state index < -0.39 is 5.97 Å². The van der Waals surface area contributed by atoms with Crippen LogP contribution < -0.4 is 4.74 Å². The van der Waals surface area contributed by atoms with Crippen molar-refractivity contribution in [2.24, 2.45) is 0 Å². The van der Waals surface area contributed by atoms with Gasteiger partial charge in [0.2, 0.25) is 0 Å². The minimum Gasteiger partial charge on any atom is -0.496 e. The SMILES string of the molecule is COc1ccccc1/C=C1\C(C)=C(CC(=O)O)c2cc(F)ccc21. The van der Waals surface area contributed by atoms with Crippen LogP contribution in [-0.4, -0.2) is 18.2 Å². The van der Waals surface area contributed by atoms with E-state index in [1.54, 1.807) is 13.2 Å². The highest BCUT2D eigenvalue weighted by molar-refractivity contribution is 6.07. The van der Waals surface area contributed by atoms with Crippen molar-refractivity contribution < 1.29 is 19.0 Å². The number of carbonyl (C=O) groups is 1. The summed E-state index contributed by atoms with van der Waals surface area (Å²) in [6, 6.07) is 12.1. The molecule has 0 saturated carbocycles. The van der Waals surface area contributed by atoms with Crippen molar-refractivity contribution in [1.29, 1.82) is 0 Å². The molecular weight excluding hydrogens is 307 g/mol. The molecule has 1 aliphatic carbocycles. The second kappa shape index (κ2) is 6.32. The summed E-state index contributed by atoms with van der Waals surface area (Å²) in [5.41, 5.74) is 4.78. The fourth-order valence-electron chi connectivity index (χ4n) is 3.07. The van der Waals surface area contributed by atoms with E-state index in [1.807, 2.05) is 37.3 Å². The molecule has 0 unspecified atom stereocenters. The predicted octanol–water partition coefficient (Wildman–Crippen LogP) is 4.64. The number of para-hydroxylation sites is 1. The first-order chi connectivity index (χ1) is 11.5. The minimum absolute atomic E-state index is 0.133. The number of halogens is 1. The van der Waals surface area contributed by atoms with E-state index in [0.29, 0.717) is 11.1 Å². The molecule has 1 N–H and O–H groups in total. The molecule has 3 rings (SSSR count). The number of hydrogen-bond acceptors (Lipinski definition) is 2. The van der Waals surface area contributed by atoms with Crippen LogP contribution in [0.15, 0.2) is 48.0 Å². The predicted molar refractivity (Wildman–Crippen MR) is 92.1 cm³/mol. The highest BCUT2D eigenvalue weighted by Gasteiger charge is 2.25. The van der Waals surface area contributed by atoms with Crippen LogP contribution in [0.5, 0.6) is 5.75 Å². The first-order valence-corrected chi connectivity index (χ1v) is 7.58. The van der Waals surface area contributed by atoms with Crippen molar-refractivity contribution in [3.05, 3.63) is 70.5 Å². The summed E-state index contributed by atoms with van der Waals surface area (Å²) in [6.07, 6.45) is 1.82. The summed E-state index contributed by atoms with van der Waals surface area (Å²) >= 11 is 0. The number of ether oxygens (including phenoxy) is 1. The van der Waals surface area contributed by atoms with Gasteiger partial charge in [0.25, 0.3) is 0 Å². The van der Waals surface area contributed by atoms with Crippen LogP contribution in [0.3, 0.4) is 0 Å². The van der Waals surface area contributed by atoms with Gasteiger partial charge in [-0.2, -0.15) is 0 Å². The number of benzene rings is 2. The molecule has 0 amide bonds. The molecule has 2 aromatic rings. The van der Waals surface area contributed by atoms with Gasteiger partial charge in [-0.1, -0.05) is 24.3 Å². The molecule has 0 atom stereocenters. The summed E-state index contributed by atoms with van der Waals surface area (Å²) < 4.78 is 19.0. The Bertz CT molecular complexity index is 878. The van der Waals surface area contributed by atoms with Gasteiger partial charge in [0.15, 0.2) is 0 Å². The Labute approximate surface area is 139 Å². The van der Waals surface area contributed by atoms with E-state index in [-0.39, 0.29) is 12.2 Å². The third kappa shape index (κ3) is 2.83. The second-order valence-corrected chi connectivity index (χ2v) is 5.66. The van der Waals surface area contributed by atoms with Crippen molar-refractivity contribution >= 4 is 23.2 Å². The molecule has 0 saturated heterocycles. The fourth-order valence-corrected chi connectivity index (χ4v) is 3.07. The smallest absolute Gasteiger partial charge is 0.307 e. The van der Waals surface area contributed by atoms with Gasteiger partial charge in [0.1, 0.15) is 11.6 Å². The quantitative estimate of drug-likeness (QED) is 0.891. The monoisotopic (exact) mass is 324 g/mol. The van der Waals surface area contributed by atoms with Gasteiger partial charge in [-0.05, 0) is 59.0 Å². The average molecular weight is 324 g/mol. The number of carboxylic acid groups (broad SMARTS) is 1. The first-order valence-electron chi connectivity index (χ1n) is 7.58. The van der Waals surface area contributed by atoms with Gasteiger partial charge in [0, 0.05) is 5.56 Å². The lowest BCUT2D eigenvalue weighted by Crippen LogP contribution is -1.97. The highest BCUT2D eigenvalue weighted by Crippen LogP contribution is 2.44. The third-order valence-corrected chi connectivity index (χ3v) is 4.22. The molecule has 0 heterocycles. The topological polar surface area (TPSA) is 46.5 Å². The third-order valence-electron chi connectivity index (χ3n) is 4.22. The van der Waals surface area contributed by atoms with E-state index >= 15 is 0 Å². The zero-order valence-electron chi connectivity index (χ0n) is 13.5. The van der Waals surface area contributed by atoms with Crippen LogP contribution in [0, 0.1) is 5.82 Å². The number of aliphatic carboxylic acids is 1. The summed E-state index contributed by atoms with van der Waals surface area (Å²) in [5.74, 6) is -0.575. The molecule has 0 spiro atoms. The summed E-state index contributed by atoms with van der Waals surface area (Å²) in [4.78, 5) is 11.2. The van der Waals surface area contributed by atoms with Crippen LogP contribution in [0.25, 0.3) is 17.2 Å². The lowest BCUT2D eigenvalue weighted by Gasteiger charge is -2.07. The molecule has 0 bridgehead atoms. The van der Waals surface area contributed by atoms with Crippen molar-refractivity contribution in [3.63, 3.8) is 0 Å². The van der Waals surface area contributed by atoms with Crippen LogP contribution in [0.1, 0.15) is 30.0 Å². The Morgan fingerprint density at radius 2 is 1.96 bits per heavy atom. The van der Waals surface area contributed by atoms with Crippen molar-refractivity contribution in [2.45, 2.75) is 13.3 Å². The lowest BCUT2D eigenvalue weighted by atomic mass is 10.00. The molecule has 122 valence electrons. The van der Waals surface area contributed by atoms with Gasteiger partial charge >= 0.3 is 5.97 Å². The van der Waals surface area contributed by atoms with Gasteiger partial charge < -0.3 is 9.84 Å². The molecule has 1 aliphatic rings. The number of hydrogen-bond donors (Lipinski definition) is 1. The zero-order chi connectivity index (χ0) is 17.3. The first kappa shape index (κ1) is 16.0. The molecule has 2 aromatic carbocycles. The second-order valence-electron chi connectivity index (χ2n) is 5.66. The maximum atomic E-state index is 13.7. The van der Waals surface area contributed by atoms with Crippen LogP contribution in [0.2, 0.25) is 0 Å². The van der Waals surface area contributed by atoms with Crippen molar-refractivity contribution in [1.82, 2.24) is 0 Å². The fraction of sp³-hybridized carbons (Fsp3) is 0.150. The minimum atomic E-state index is -0.932. The van der Waals surface area contributed by atoms with E-state index in [1.165, 1.54) is 12.1 Å². The average Bonchev–Trinajstić information content (AvgIpc) is 2.80. The summed E-state index contributed by atoms with van der Waals surface area (Å²) in [5, 5.41) is 9.18. The van der Waals surface area contributed by atoms with Crippen LogP contribution in [0.4, 0.5) is 4.39 Å². The standard InChI is InChI=1S/C20H17FO3/c1-12-16(9-13-5-3-4-6-19(13)24-2)15-8-7-14(21)10-18(15)17(12)11-20(22)23/h3-10H,11H2,1-2H3,(H,22,23)/b16-9+. The Hall–Kier alpha value is -2.88. The van der Waals surface area contributed by atoms with Gasteiger partial charge in [-0.15, -0.1) is 0 Å². The highest BCUT2D eigenvalue weighted by atomic mass is 19.1. The summed E-state index contributed by atoms with van der Waals surface area (Å²) in [6.45, 7) is 1.87. The van der Waals surface area contributed by atoms with E-state index in [9.17, 15) is 14.3 Å². The summed E-state index contributed by atoms with van der Waals surface area (Å²) in [7, 11) is 1.61. The van der Waals surface area contributed by atoms with Crippen LogP contribution >= 0.6 is 0 Å². The Morgan fingerprint density at radius 3 is 2.67 bits per heavy atom. The number of carboxylic acids is 1. The molecule has 0 aliphatic heterocycles. The largest absolute Gasteiger partial charge is 0.496 e. The molecule has 3 nitrogen and oxygen atoms in total. The number of rotatable bonds is 4. The lowest BCUT2D eigenvalue weighted by molar-refractivity contribution is -0.135. The van der Waals surface area contributed by atoms with Crippen molar-refractivity contribution in [3.8, 4) is 5.75 Å². The molecule has 0 fully saturated rings. The van der Waals surface area contributed by atoms with E-state index in [4.69, 9.17) is 4.74 Å². The van der Waals surface area contributed by atoms with Crippen LogP contribution in [-0.2, 0) is 4.79 Å². The Morgan fingerprint density at radius 1 is 1.21 bits per heavy atom. The van der Waals surface area contributed by atoms with E-state index in [2.05, 4.69) is 0 Å². The molecule has 0 aromatic heterocycles. The normalized spacial score (nSPS) is 14.9. The Balaban J connectivity index is 2.19. The zero-order valence-corrected chi connectivity index (χ0v) is 13.5. The van der Waals surface area contributed by atoms with Crippen molar-refractivity contribution in [2.75, 3.05) is 7.11 Å². The molecule has 4 heteroatoms. The van der Waals surface area contributed by atoms with Gasteiger partial charge in [-0.25, -0.2) is 4.39 Å². The van der Waals surface area contributed by atoms with Gasteiger partial charge in [-0.3, -0.25) is 4.79 Å². The number of fused-ring (bicyclic) bond motifs is 1. The maximum Gasteiger partial charge on any atom is 0.307 e. The maximum absolute atomic E-state index is 13.7. The van der Waals surface area contributed by atoms with Gasteiger partial charge in [0.05, 0.1) is 13.5 Å². The number of allylic oxidation sites excluding steroid dienone is 2. The number of methoxy groups -OCH3 is 1. The molecular formula is C20H17FO3. The molecule has 0 radical (unpaired) electrons.